The van der Waals surface area contributed by atoms with Crippen LogP contribution >= 0.6 is 11.3 Å². The lowest BCUT2D eigenvalue weighted by Crippen LogP contribution is -2.46. The van der Waals surface area contributed by atoms with Gasteiger partial charge in [0.05, 0.1) is 35.5 Å². The van der Waals surface area contributed by atoms with Crippen LogP contribution in [-0.4, -0.2) is 82.8 Å². The number of carbonyl (C=O) groups excluding carboxylic acids is 2. The van der Waals surface area contributed by atoms with E-state index in [1.165, 1.54) is 16.9 Å². The Bertz CT molecular complexity index is 1250. The molecule has 1 saturated heterocycles. The molecule has 1 fully saturated rings. The van der Waals surface area contributed by atoms with Crippen molar-refractivity contribution in [3.05, 3.63) is 81.8 Å². The maximum atomic E-state index is 13.8. The molecule has 0 bridgehead atoms. The summed E-state index contributed by atoms with van der Waals surface area (Å²) in [5, 5.41) is 8.30. The van der Waals surface area contributed by atoms with Crippen LogP contribution in [0, 0.1) is 6.92 Å². The second-order valence-corrected chi connectivity index (χ2v) is 10.5. The summed E-state index contributed by atoms with van der Waals surface area (Å²) in [5.74, 6) is -0.295. The van der Waals surface area contributed by atoms with E-state index in [1.807, 2.05) is 47.5 Å². The van der Waals surface area contributed by atoms with E-state index in [9.17, 15) is 9.59 Å². The number of rotatable bonds is 8. The average Bonchev–Trinajstić information content (AvgIpc) is 3.68. The summed E-state index contributed by atoms with van der Waals surface area (Å²) in [6.07, 6.45) is 2.61. The number of hydrazone groups is 1. The number of amides is 2. The molecule has 0 spiro atoms. The Balaban J connectivity index is 1.39. The zero-order chi connectivity index (χ0) is 25.8. The molecule has 0 N–H and O–H groups in total. The van der Waals surface area contributed by atoms with Crippen LogP contribution in [0.15, 0.2) is 65.2 Å². The summed E-state index contributed by atoms with van der Waals surface area (Å²) in [6.45, 7) is 6.26. The molecule has 2 aromatic heterocycles. The van der Waals surface area contributed by atoms with Gasteiger partial charge in [-0.1, -0.05) is 35.9 Å². The summed E-state index contributed by atoms with van der Waals surface area (Å²) < 4.78 is 7.48. The van der Waals surface area contributed by atoms with Crippen molar-refractivity contribution in [1.82, 2.24) is 19.4 Å². The molecule has 0 unspecified atom stereocenters. The Morgan fingerprint density at radius 3 is 2.57 bits per heavy atom. The first-order valence-electron chi connectivity index (χ1n) is 12.7. The number of aryl methyl sites for hydroxylation is 2. The second-order valence-electron chi connectivity index (χ2n) is 9.58. The van der Waals surface area contributed by atoms with Gasteiger partial charge in [0, 0.05) is 45.8 Å². The molecule has 2 aliphatic heterocycles. The predicted molar refractivity (Wildman–Crippen MR) is 145 cm³/mol. The number of benzene rings is 1. The summed E-state index contributed by atoms with van der Waals surface area (Å²) in [7, 11) is 1.98. The Morgan fingerprint density at radius 1 is 1.11 bits per heavy atom. The molecule has 194 valence electrons. The highest BCUT2D eigenvalue weighted by Crippen LogP contribution is 2.33. The van der Waals surface area contributed by atoms with Crippen molar-refractivity contribution < 1.29 is 14.3 Å². The molecule has 0 saturated carbocycles. The van der Waals surface area contributed by atoms with Gasteiger partial charge in [0.2, 0.25) is 0 Å². The SMILES string of the molecule is Cc1ccc([C@@H]2CC(c3cccn3C)=NN2C(=O)CN(CCN2CCOCC2)C(=O)c2cccs2)cc1. The molecular formula is C28H33N5O3S. The van der Waals surface area contributed by atoms with E-state index in [2.05, 4.69) is 36.1 Å². The van der Waals surface area contributed by atoms with E-state index in [-0.39, 0.29) is 24.4 Å². The van der Waals surface area contributed by atoms with E-state index >= 15 is 0 Å². The van der Waals surface area contributed by atoms with E-state index in [0.717, 1.165) is 30.1 Å². The van der Waals surface area contributed by atoms with Crippen LogP contribution < -0.4 is 0 Å². The van der Waals surface area contributed by atoms with Gasteiger partial charge in [-0.2, -0.15) is 5.10 Å². The van der Waals surface area contributed by atoms with Gasteiger partial charge >= 0.3 is 0 Å². The molecule has 1 aromatic carbocycles. The third-order valence-electron chi connectivity index (χ3n) is 7.00. The zero-order valence-corrected chi connectivity index (χ0v) is 22.2. The van der Waals surface area contributed by atoms with E-state index < -0.39 is 0 Å². The summed E-state index contributed by atoms with van der Waals surface area (Å²) >= 11 is 1.40. The topological polar surface area (TPSA) is 70.4 Å². The van der Waals surface area contributed by atoms with Gasteiger partial charge in [-0.15, -0.1) is 11.3 Å². The summed E-state index contributed by atoms with van der Waals surface area (Å²) in [6, 6.07) is 15.7. The number of carbonyl (C=O) groups is 2. The molecule has 5 rings (SSSR count). The lowest BCUT2D eigenvalue weighted by molar-refractivity contribution is -0.133. The monoisotopic (exact) mass is 519 g/mol. The molecule has 1 atom stereocenters. The average molecular weight is 520 g/mol. The predicted octanol–water partition coefficient (Wildman–Crippen LogP) is 3.55. The molecule has 2 aliphatic rings. The van der Waals surface area contributed by atoms with Crippen molar-refractivity contribution >= 4 is 28.9 Å². The van der Waals surface area contributed by atoms with Crippen molar-refractivity contribution in [2.45, 2.75) is 19.4 Å². The fourth-order valence-electron chi connectivity index (χ4n) is 4.84. The largest absolute Gasteiger partial charge is 0.379 e. The normalized spacial score (nSPS) is 18.2. The van der Waals surface area contributed by atoms with Crippen LogP contribution in [-0.2, 0) is 16.6 Å². The Hall–Kier alpha value is -3.27. The van der Waals surface area contributed by atoms with Crippen LogP contribution in [0.25, 0.3) is 0 Å². The van der Waals surface area contributed by atoms with Crippen LogP contribution in [0.3, 0.4) is 0 Å². The Morgan fingerprint density at radius 2 is 1.89 bits per heavy atom. The number of ether oxygens (including phenoxy) is 1. The fourth-order valence-corrected chi connectivity index (χ4v) is 5.53. The van der Waals surface area contributed by atoms with Crippen molar-refractivity contribution in [2.75, 3.05) is 45.9 Å². The second kappa shape index (κ2) is 11.4. The van der Waals surface area contributed by atoms with Gasteiger partial charge in [0.1, 0.15) is 6.54 Å². The zero-order valence-electron chi connectivity index (χ0n) is 21.4. The lowest BCUT2D eigenvalue weighted by Gasteiger charge is -2.31. The van der Waals surface area contributed by atoms with Crippen molar-refractivity contribution in [3.8, 4) is 0 Å². The number of morpholine rings is 1. The summed E-state index contributed by atoms with van der Waals surface area (Å²) in [5.41, 5.74) is 4.07. The smallest absolute Gasteiger partial charge is 0.264 e. The van der Waals surface area contributed by atoms with E-state index in [0.29, 0.717) is 37.6 Å². The first-order chi connectivity index (χ1) is 18.0. The van der Waals surface area contributed by atoms with E-state index in [1.54, 1.807) is 9.91 Å². The van der Waals surface area contributed by atoms with Gasteiger partial charge in [-0.05, 0) is 36.1 Å². The van der Waals surface area contributed by atoms with Crippen molar-refractivity contribution in [3.63, 3.8) is 0 Å². The van der Waals surface area contributed by atoms with Crippen molar-refractivity contribution in [1.29, 1.82) is 0 Å². The molecular weight excluding hydrogens is 486 g/mol. The number of aromatic nitrogens is 1. The van der Waals surface area contributed by atoms with Crippen LogP contribution in [0.2, 0.25) is 0 Å². The highest BCUT2D eigenvalue weighted by molar-refractivity contribution is 7.12. The van der Waals surface area contributed by atoms with Gasteiger partial charge < -0.3 is 14.2 Å². The van der Waals surface area contributed by atoms with Gasteiger partial charge in [-0.3, -0.25) is 14.5 Å². The molecule has 0 radical (unpaired) electrons. The number of nitrogens with zero attached hydrogens (tertiary/aromatic N) is 5. The fraction of sp³-hybridized carbons (Fsp3) is 0.393. The minimum absolute atomic E-state index is 0.0205. The minimum Gasteiger partial charge on any atom is -0.379 e. The van der Waals surface area contributed by atoms with Crippen LogP contribution in [0.1, 0.15) is 39.0 Å². The first kappa shape index (κ1) is 25.4. The number of hydrogen-bond donors (Lipinski definition) is 0. The Labute approximate surface area is 221 Å². The third kappa shape index (κ3) is 5.84. The standard InChI is InChI=1S/C28H33N5O3S/c1-21-7-9-22(10-8-21)25-19-23(24-5-3-11-30(24)2)29-33(25)27(34)20-32(28(35)26-6-4-18-37-26)13-12-31-14-16-36-17-15-31/h3-11,18,25H,12-17,19-20H2,1-2H3/t25-/m0/s1. The highest BCUT2D eigenvalue weighted by Gasteiger charge is 2.35. The highest BCUT2D eigenvalue weighted by atomic mass is 32.1. The maximum Gasteiger partial charge on any atom is 0.264 e. The third-order valence-corrected chi connectivity index (χ3v) is 7.86. The molecule has 2 amide bonds. The molecule has 4 heterocycles. The lowest BCUT2D eigenvalue weighted by atomic mass is 9.99. The van der Waals surface area contributed by atoms with Gasteiger partial charge in [0.25, 0.3) is 11.8 Å². The molecule has 3 aromatic rings. The molecule has 9 heteroatoms. The molecule has 37 heavy (non-hydrogen) atoms. The number of thiophene rings is 1. The molecule has 0 aliphatic carbocycles. The van der Waals surface area contributed by atoms with Crippen LogP contribution in [0.4, 0.5) is 0 Å². The van der Waals surface area contributed by atoms with Gasteiger partial charge in [-0.25, -0.2) is 5.01 Å². The number of hydrogen-bond acceptors (Lipinski definition) is 6. The quantitative estimate of drug-likeness (QED) is 0.457. The maximum absolute atomic E-state index is 13.8. The van der Waals surface area contributed by atoms with E-state index in [4.69, 9.17) is 9.84 Å². The van der Waals surface area contributed by atoms with Crippen LogP contribution in [0.5, 0.6) is 0 Å². The summed E-state index contributed by atoms with van der Waals surface area (Å²) in [4.78, 5) is 31.8. The first-order valence-corrected chi connectivity index (χ1v) is 13.6. The minimum atomic E-state index is -0.212. The Kier molecular flexibility index (Phi) is 7.83. The van der Waals surface area contributed by atoms with Gasteiger partial charge in [0.15, 0.2) is 0 Å². The molecule has 8 nitrogen and oxygen atoms in total. The van der Waals surface area contributed by atoms with Crippen molar-refractivity contribution in [2.24, 2.45) is 12.1 Å².